The lowest BCUT2D eigenvalue weighted by molar-refractivity contribution is -0.133. The molecule has 1 aromatic carbocycles. The maximum absolute atomic E-state index is 12.1. The highest BCUT2D eigenvalue weighted by molar-refractivity contribution is 5.96. The second-order valence-electron chi connectivity index (χ2n) is 6.66. The molecule has 140 valence electrons. The molecule has 1 heterocycles. The zero-order chi connectivity index (χ0) is 19.1. The van der Waals surface area contributed by atoms with E-state index in [1.165, 1.54) is 0 Å². The minimum Gasteiger partial charge on any atom is -0.478 e. The third kappa shape index (κ3) is 4.56. The topological polar surface area (TPSA) is 73.7 Å². The number of aliphatic imine (C=N–C) groups is 1. The summed E-state index contributed by atoms with van der Waals surface area (Å²) in [6.07, 6.45) is 15.1. The summed E-state index contributed by atoms with van der Waals surface area (Å²) in [6, 6.07) is 7.71. The molecule has 1 aromatic rings. The predicted molar refractivity (Wildman–Crippen MR) is 111 cm³/mol. The van der Waals surface area contributed by atoms with Gasteiger partial charge in [-0.3, -0.25) is 4.99 Å². The van der Waals surface area contributed by atoms with Crippen molar-refractivity contribution in [3.63, 3.8) is 0 Å². The molecule has 0 aromatic heterocycles. The molecule has 5 heteroatoms. The number of anilines is 1. The second-order valence-corrected chi connectivity index (χ2v) is 6.66. The molecular weight excluding hydrogens is 338 g/mol. The number of benzene rings is 1. The van der Waals surface area contributed by atoms with Crippen LogP contribution in [-0.2, 0) is 4.79 Å². The lowest BCUT2D eigenvalue weighted by atomic mass is 9.74. The first kappa shape index (κ1) is 18.7. The Balaban J connectivity index is 1.93. The van der Waals surface area contributed by atoms with Crippen LogP contribution in [0, 0.1) is 5.41 Å². The van der Waals surface area contributed by atoms with Crippen LogP contribution in [0.15, 0.2) is 71.3 Å². The van der Waals surface area contributed by atoms with Crippen molar-refractivity contribution in [1.29, 1.82) is 0 Å². The van der Waals surface area contributed by atoms with Crippen molar-refractivity contribution in [2.75, 3.05) is 18.4 Å². The van der Waals surface area contributed by atoms with Crippen LogP contribution >= 0.6 is 0 Å². The van der Waals surface area contributed by atoms with E-state index in [0.29, 0.717) is 12.0 Å². The number of rotatable bonds is 5. The third-order valence-electron chi connectivity index (χ3n) is 4.65. The number of allylic oxidation sites excluding steroid dienone is 6. The van der Waals surface area contributed by atoms with E-state index in [2.05, 4.69) is 15.6 Å². The van der Waals surface area contributed by atoms with Crippen molar-refractivity contribution in [1.82, 2.24) is 5.32 Å². The molecule has 0 radical (unpaired) electrons. The Labute approximate surface area is 159 Å². The summed E-state index contributed by atoms with van der Waals surface area (Å²) < 4.78 is 0. The van der Waals surface area contributed by atoms with Crippen LogP contribution in [0.3, 0.4) is 0 Å². The molecule has 1 aliphatic heterocycles. The van der Waals surface area contributed by atoms with Gasteiger partial charge in [0.2, 0.25) is 0 Å². The van der Waals surface area contributed by atoms with E-state index in [1.807, 2.05) is 67.6 Å². The third-order valence-corrected chi connectivity index (χ3v) is 4.65. The van der Waals surface area contributed by atoms with Gasteiger partial charge in [0, 0.05) is 24.2 Å². The molecule has 1 unspecified atom stereocenters. The van der Waals surface area contributed by atoms with E-state index in [9.17, 15) is 9.90 Å². The first-order chi connectivity index (χ1) is 13.1. The first-order valence-corrected chi connectivity index (χ1v) is 9.22. The lowest BCUT2D eigenvalue weighted by Gasteiger charge is -2.29. The van der Waals surface area contributed by atoms with Crippen LogP contribution in [0.4, 0.5) is 5.69 Å². The molecule has 1 atom stereocenters. The van der Waals surface area contributed by atoms with E-state index in [-0.39, 0.29) is 0 Å². The van der Waals surface area contributed by atoms with Crippen molar-refractivity contribution in [3.8, 4) is 0 Å². The first-order valence-electron chi connectivity index (χ1n) is 9.22. The standard InChI is InChI=1S/C22H25N3O2/c1-2-10-22(11-4-3-5-12-22)19(20(26)27)16-17-8-6-9-18(15-17)25-21-23-13-7-14-24-21/h2-6,8-11,15-16H,7,12-14H2,1H3,(H,26,27)(H2,23,24,25). The molecule has 0 saturated heterocycles. The predicted octanol–water partition coefficient (Wildman–Crippen LogP) is 3.99. The Bertz CT molecular complexity index is 849. The number of hydrogen-bond donors (Lipinski definition) is 3. The monoisotopic (exact) mass is 363 g/mol. The molecule has 0 bridgehead atoms. The Hall–Kier alpha value is -3.08. The van der Waals surface area contributed by atoms with Gasteiger partial charge in [-0.25, -0.2) is 4.79 Å². The summed E-state index contributed by atoms with van der Waals surface area (Å²) in [5, 5.41) is 16.4. The van der Waals surface area contributed by atoms with Crippen LogP contribution in [0.25, 0.3) is 6.08 Å². The van der Waals surface area contributed by atoms with Gasteiger partial charge in [0.25, 0.3) is 0 Å². The van der Waals surface area contributed by atoms with E-state index in [0.717, 1.165) is 36.7 Å². The van der Waals surface area contributed by atoms with Gasteiger partial charge in [0.15, 0.2) is 5.96 Å². The number of carboxylic acid groups (broad SMARTS) is 1. The van der Waals surface area contributed by atoms with E-state index in [1.54, 1.807) is 6.08 Å². The quantitative estimate of drug-likeness (QED) is 0.546. The van der Waals surface area contributed by atoms with Gasteiger partial charge in [-0.1, -0.05) is 48.6 Å². The Morgan fingerprint density at radius 1 is 1.37 bits per heavy atom. The molecule has 1 aliphatic carbocycles. The van der Waals surface area contributed by atoms with Crippen LogP contribution in [0.2, 0.25) is 0 Å². The van der Waals surface area contributed by atoms with Gasteiger partial charge >= 0.3 is 5.97 Å². The van der Waals surface area contributed by atoms with Gasteiger partial charge in [0.05, 0.1) is 5.57 Å². The summed E-state index contributed by atoms with van der Waals surface area (Å²) in [4.78, 5) is 16.5. The van der Waals surface area contributed by atoms with Crippen molar-refractivity contribution in [2.45, 2.75) is 19.8 Å². The van der Waals surface area contributed by atoms with E-state index in [4.69, 9.17) is 0 Å². The summed E-state index contributed by atoms with van der Waals surface area (Å²) in [5.74, 6) is -0.156. The fraction of sp³-hybridized carbons (Fsp3) is 0.273. The number of guanidine groups is 1. The zero-order valence-corrected chi connectivity index (χ0v) is 15.5. The van der Waals surface area contributed by atoms with E-state index < -0.39 is 11.4 Å². The molecule has 2 aliphatic rings. The largest absolute Gasteiger partial charge is 0.478 e. The second kappa shape index (κ2) is 8.54. The maximum Gasteiger partial charge on any atom is 0.332 e. The lowest BCUT2D eigenvalue weighted by Crippen LogP contribution is -2.35. The normalized spacial score (nSPS) is 22.4. The highest BCUT2D eigenvalue weighted by Gasteiger charge is 2.33. The van der Waals surface area contributed by atoms with Crippen molar-refractivity contribution in [3.05, 3.63) is 71.9 Å². The van der Waals surface area contributed by atoms with Crippen LogP contribution in [-0.4, -0.2) is 30.1 Å². The average molecular weight is 363 g/mol. The van der Waals surface area contributed by atoms with Gasteiger partial charge in [0.1, 0.15) is 0 Å². The fourth-order valence-electron chi connectivity index (χ4n) is 3.37. The number of carbonyl (C=O) groups is 1. The molecule has 0 fully saturated rings. The van der Waals surface area contributed by atoms with Gasteiger partial charge in [-0.2, -0.15) is 0 Å². The molecule has 5 nitrogen and oxygen atoms in total. The number of nitrogens with one attached hydrogen (secondary N) is 2. The minimum absolute atomic E-state index is 0.353. The molecule has 3 rings (SSSR count). The summed E-state index contributed by atoms with van der Waals surface area (Å²) in [5.41, 5.74) is 1.43. The summed E-state index contributed by atoms with van der Waals surface area (Å²) in [6.45, 7) is 3.62. The number of hydrogen-bond acceptors (Lipinski definition) is 4. The van der Waals surface area contributed by atoms with E-state index >= 15 is 0 Å². The van der Waals surface area contributed by atoms with Gasteiger partial charge in [-0.15, -0.1) is 0 Å². The smallest absolute Gasteiger partial charge is 0.332 e. The minimum atomic E-state index is -0.912. The molecule has 0 amide bonds. The molecule has 0 saturated carbocycles. The molecule has 3 N–H and O–H groups in total. The highest BCUT2D eigenvalue weighted by Crippen LogP contribution is 2.39. The van der Waals surface area contributed by atoms with Gasteiger partial charge < -0.3 is 15.7 Å². The van der Waals surface area contributed by atoms with Gasteiger partial charge in [-0.05, 0) is 43.5 Å². The zero-order valence-electron chi connectivity index (χ0n) is 15.5. The van der Waals surface area contributed by atoms with Crippen molar-refractivity contribution in [2.24, 2.45) is 10.4 Å². The van der Waals surface area contributed by atoms with Crippen LogP contribution in [0.1, 0.15) is 25.3 Å². The number of carboxylic acids is 1. The molecular formula is C22H25N3O2. The Morgan fingerprint density at radius 3 is 2.93 bits per heavy atom. The fourth-order valence-corrected chi connectivity index (χ4v) is 3.37. The van der Waals surface area contributed by atoms with Crippen molar-refractivity contribution < 1.29 is 9.90 Å². The maximum atomic E-state index is 12.1. The number of aliphatic carboxylic acids is 1. The number of nitrogens with zero attached hydrogens (tertiary/aromatic N) is 1. The van der Waals surface area contributed by atoms with Crippen LogP contribution in [0.5, 0.6) is 0 Å². The highest BCUT2D eigenvalue weighted by atomic mass is 16.4. The Morgan fingerprint density at radius 2 is 2.26 bits per heavy atom. The average Bonchev–Trinajstić information content (AvgIpc) is 2.68. The molecule has 27 heavy (non-hydrogen) atoms. The summed E-state index contributed by atoms with van der Waals surface area (Å²) >= 11 is 0. The SMILES string of the molecule is CC=CC1(C(=Cc2cccc(NC3=NCCCN3)c2)C(=O)O)C=CC=CC1. The Kier molecular flexibility index (Phi) is 5.91. The van der Waals surface area contributed by atoms with Crippen LogP contribution < -0.4 is 10.6 Å². The summed E-state index contributed by atoms with van der Waals surface area (Å²) in [7, 11) is 0. The molecule has 0 spiro atoms. The van der Waals surface area contributed by atoms with Crippen molar-refractivity contribution >= 4 is 23.7 Å².